The number of fused-ring (bicyclic) bond motifs is 1. The van der Waals surface area contributed by atoms with E-state index >= 15 is 0 Å². The molecule has 1 amide bonds. The van der Waals surface area contributed by atoms with Gasteiger partial charge in [0.25, 0.3) is 0 Å². The Morgan fingerprint density at radius 1 is 1.43 bits per heavy atom. The van der Waals surface area contributed by atoms with E-state index in [2.05, 4.69) is 5.10 Å². The summed E-state index contributed by atoms with van der Waals surface area (Å²) in [5.41, 5.74) is 7.58. The number of anilines is 1. The highest BCUT2D eigenvalue weighted by Gasteiger charge is 2.33. The third kappa shape index (κ3) is 2.70. The first-order valence-electron chi connectivity index (χ1n) is 7.26. The maximum Gasteiger partial charge on any atom is 0.410 e. The molecule has 0 atom stereocenters. The van der Waals surface area contributed by atoms with E-state index in [0.717, 1.165) is 11.3 Å². The molecular formula is C14H22N4O3. The summed E-state index contributed by atoms with van der Waals surface area (Å²) in [4.78, 5) is 13.9. The predicted octanol–water partition coefficient (Wildman–Crippen LogP) is 1.33. The molecule has 7 nitrogen and oxygen atoms in total. The second kappa shape index (κ2) is 4.91. The molecule has 1 aromatic rings. The Labute approximate surface area is 124 Å². The zero-order chi connectivity index (χ0) is 15.2. The molecule has 1 fully saturated rings. The molecule has 2 aliphatic rings. The molecule has 0 spiro atoms. The van der Waals surface area contributed by atoms with Gasteiger partial charge in [-0.2, -0.15) is 5.10 Å². The number of ether oxygens (including phenoxy) is 2. The van der Waals surface area contributed by atoms with Crippen LogP contribution in [0.15, 0.2) is 0 Å². The largest absolute Gasteiger partial charge is 0.444 e. The highest BCUT2D eigenvalue weighted by Crippen LogP contribution is 2.29. The lowest BCUT2D eigenvalue weighted by molar-refractivity contribution is -0.0310. The fourth-order valence-corrected chi connectivity index (χ4v) is 2.62. The molecule has 7 heteroatoms. The molecule has 0 saturated carbocycles. The van der Waals surface area contributed by atoms with Gasteiger partial charge < -0.3 is 20.1 Å². The predicted molar refractivity (Wildman–Crippen MR) is 76.8 cm³/mol. The van der Waals surface area contributed by atoms with E-state index in [9.17, 15) is 4.79 Å². The van der Waals surface area contributed by atoms with Crippen LogP contribution in [-0.4, -0.2) is 46.1 Å². The van der Waals surface area contributed by atoms with Gasteiger partial charge in [-0.3, -0.25) is 4.68 Å². The first kappa shape index (κ1) is 14.2. The molecule has 1 saturated heterocycles. The quantitative estimate of drug-likeness (QED) is 0.845. The Bertz CT molecular complexity index is 557. The summed E-state index contributed by atoms with van der Waals surface area (Å²) >= 11 is 0. The maximum absolute atomic E-state index is 12.2. The average molecular weight is 294 g/mol. The van der Waals surface area contributed by atoms with Gasteiger partial charge in [0.2, 0.25) is 0 Å². The zero-order valence-electron chi connectivity index (χ0n) is 12.8. The minimum atomic E-state index is -0.488. The van der Waals surface area contributed by atoms with Crippen molar-refractivity contribution in [3.8, 4) is 0 Å². The summed E-state index contributed by atoms with van der Waals surface area (Å²) in [7, 11) is 0. The Morgan fingerprint density at radius 2 is 2.14 bits per heavy atom. The van der Waals surface area contributed by atoms with E-state index in [0.29, 0.717) is 38.5 Å². The third-order valence-electron chi connectivity index (χ3n) is 3.74. The van der Waals surface area contributed by atoms with Crippen molar-refractivity contribution in [3.05, 3.63) is 11.3 Å². The van der Waals surface area contributed by atoms with Gasteiger partial charge in [-0.1, -0.05) is 0 Å². The number of carbonyl (C=O) groups is 1. The van der Waals surface area contributed by atoms with Crippen LogP contribution in [-0.2, 0) is 22.4 Å². The van der Waals surface area contributed by atoms with E-state index < -0.39 is 5.60 Å². The second-order valence-electron chi connectivity index (χ2n) is 6.60. The second-order valence-corrected chi connectivity index (χ2v) is 6.60. The Hall–Kier alpha value is -1.76. The van der Waals surface area contributed by atoms with Crippen LogP contribution in [0.4, 0.5) is 10.6 Å². The summed E-state index contributed by atoms with van der Waals surface area (Å²) in [6, 6.07) is 0.231. The number of hydrogen-bond donors (Lipinski definition) is 1. The minimum absolute atomic E-state index is 0.231. The molecule has 0 bridgehead atoms. The van der Waals surface area contributed by atoms with Crippen molar-refractivity contribution in [1.29, 1.82) is 0 Å². The minimum Gasteiger partial charge on any atom is -0.444 e. The molecule has 21 heavy (non-hydrogen) atoms. The Balaban J connectivity index is 1.79. The van der Waals surface area contributed by atoms with Gasteiger partial charge in [0, 0.05) is 12.1 Å². The van der Waals surface area contributed by atoms with E-state index in [1.807, 2.05) is 25.5 Å². The van der Waals surface area contributed by atoms with E-state index in [-0.39, 0.29) is 12.1 Å². The van der Waals surface area contributed by atoms with Crippen molar-refractivity contribution < 1.29 is 14.3 Å². The zero-order valence-corrected chi connectivity index (χ0v) is 12.8. The van der Waals surface area contributed by atoms with Gasteiger partial charge in [-0.25, -0.2) is 4.79 Å². The van der Waals surface area contributed by atoms with Crippen LogP contribution in [0, 0.1) is 0 Å². The van der Waals surface area contributed by atoms with Gasteiger partial charge in [0.05, 0.1) is 31.5 Å². The smallest absolute Gasteiger partial charge is 0.410 e. The summed E-state index contributed by atoms with van der Waals surface area (Å²) in [5.74, 6) is 0.570. The van der Waals surface area contributed by atoms with Crippen molar-refractivity contribution in [1.82, 2.24) is 14.7 Å². The number of hydrogen-bond acceptors (Lipinski definition) is 5. The SMILES string of the molecule is CC(C)(C)OC(=O)N1CCc2c(N)nn(C3COC3)c2C1. The maximum atomic E-state index is 12.2. The molecule has 1 aromatic heterocycles. The number of nitrogens with two attached hydrogens (primary N) is 1. The molecule has 3 heterocycles. The van der Waals surface area contributed by atoms with Crippen molar-refractivity contribution in [3.63, 3.8) is 0 Å². The van der Waals surface area contributed by atoms with Gasteiger partial charge in [-0.15, -0.1) is 0 Å². The fraction of sp³-hybridized carbons (Fsp3) is 0.714. The summed E-state index contributed by atoms with van der Waals surface area (Å²) in [6.45, 7) is 8.01. The lowest BCUT2D eigenvalue weighted by Crippen LogP contribution is -2.41. The van der Waals surface area contributed by atoms with Crippen LogP contribution in [0.3, 0.4) is 0 Å². The molecule has 116 valence electrons. The summed E-state index contributed by atoms with van der Waals surface area (Å²) < 4.78 is 12.6. The van der Waals surface area contributed by atoms with Crippen LogP contribution in [0.1, 0.15) is 38.1 Å². The number of nitrogens with zero attached hydrogens (tertiary/aromatic N) is 3. The van der Waals surface area contributed by atoms with Crippen molar-refractivity contribution in [2.24, 2.45) is 0 Å². The van der Waals surface area contributed by atoms with Crippen LogP contribution in [0.5, 0.6) is 0 Å². The molecule has 0 aliphatic carbocycles. The van der Waals surface area contributed by atoms with Gasteiger partial charge in [0.1, 0.15) is 11.4 Å². The first-order chi connectivity index (χ1) is 9.85. The Morgan fingerprint density at radius 3 is 2.71 bits per heavy atom. The van der Waals surface area contributed by atoms with Crippen molar-refractivity contribution in [2.75, 3.05) is 25.5 Å². The fourth-order valence-electron chi connectivity index (χ4n) is 2.62. The average Bonchev–Trinajstić information content (AvgIpc) is 2.62. The number of carbonyl (C=O) groups excluding carboxylic acids is 1. The molecular weight excluding hydrogens is 272 g/mol. The monoisotopic (exact) mass is 294 g/mol. The van der Waals surface area contributed by atoms with Crippen molar-refractivity contribution >= 4 is 11.9 Å². The van der Waals surface area contributed by atoms with Crippen LogP contribution in [0.25, 0.3) is 0 Å². The lowest BCUT2D eigenvalue weighted by Gasteiger charge is -2.33. The summed E-state index contributed by atoms with van der Waals surface area (Å²) in [5, 5.41) is 4.42. The Kier molecular flexibility index (Phi) is 3.32. The number of amides is 1. The topological polar surface area (TPSA) is 82.6 Å². The highest BCUT2D eigenvalue weighted by atomic mass is 16.6. The number of aromatic nitrogens is 2. The van der Waals surface area contributed by atoms with Gasteiger partial charge in [0.15, 0.2) is 0 Å². The summed E-state index contributed by atoms with van der Waals surface area (Å²) in [6.07, 6.45) is 0.429. The molecule has 0 unspecified atom stereocenters. The standard InChI is InChI=1S/C14H22N4O3/c1-14(2,3)21-13(19)17-5-4-10-11(6-17)18(16-12(10)15)9-7-20-8-9/h9H,4-8H2,1-3H3,(H2,15,16). The van der Waals surface area contributed by atoms with E-state index in [1.54, 1.807) is 4.90 Å². The number of nitrogen functional groups attached to an aromatic ring is 1. The highest BCUT2D eigenvalue weighted by molar-refractivity contribution is 5.69. The lowest BCUT2D eigenvalue weighted by atomic mass is 10.1. The normalized spacial score (nSPS) is 19.1. The molecule has 2 N–H and O–H groups in total. The number of rotatable bonds is 1. The molecule has 0 aromatic carbocycles. The molecule has 3 rings (SSSR count). The first-order valence-corrected chi connectivity index (χ1v) is 7.26. The van der Waals surface area contributed by atoms with Gasteiger partial charge in [-0.05, 0) is 27.2 Å². The molecule has 0 radical (unpaired) electrons. The molecule has 2 aliphatic heterocycles. The van der Waals surface area contributed by atoms with Gasteiger partial charge >= 0.3 is 6.09 Å². The van der Waals surface area contributed by atoms with Crippen LogP contribution in [0.2, 0.25) is 0 Å². The van der Waals surface area contributed by atoms with Crippen LogP contribution >= 0.6 is 0 Å². The third-order valence-corrected chi connectivity index (χ3v) is 3.74. The van der Waals surface area contributed by atoms with E-state index in [1.165, 1.54) is 0 Å². The van der Waals surface area contributed by atoms with Crippen LogP contribution < -0.4 is 5.73 Å². The van der Waals surface area contributed by atoms with E-state index in [4.69, 9.17) is 15.2 Å². The van der Waals surface area contributed by atoms with Crippen molar-refractivity contribution in [2.45, 2.75) is 45.4 Å².